The topological polar surface area (TPSA) is 126 Å². The second-order valence-corrected chi connectivity index (χ2v) is 11.7. The van der Waals surface area contributed by atoms with Crippen molar-refractivity contribution in [1.29, 1.82) is 0 Å². The number of carboxylic acids is 1. The normalized spacial score (nSPS) is 12.6. The van der Waals surface area contributed by atoms with Gasteiger partial charge < -0.3 is 14.8 Å². The number of nitrogens with one attached hydrogen (secondary N) is 2. The molecule has 0 bridgehead atoms. The van der Waals surface area contributed by atoms with Crippen molar-refractivity contribution in [2.24, 2.45) is 5.92 Å². The molecule has 204 valence electrons. The van der Waals surface area contributed by atoms with E-state index in [0.29, 0.717) is 11.3 Å². The Labute approximate surface area is 231 Å². The number of rotatable bonds is 8. The number of aliphatic carboxylic acids is 1. The van der Waals surface area contributed by atoms with E-state index in [1.165, 1.54) is 12.1 Å². The van der Waals surface area contributed by atoms with Gasteiger partial charge in [0.15, 0.2) is 5.76 Å². The minimum absolute atomic E-state index is 0.0268. The predicted octanol–water partition coefficient (Wildman–Crippen LogP) is 6.20. The van der Waals surface area contributed by atoms with Crippen LogP contribution < -0.4 is 10.0 Å². The van der Waals surface area contributed by atoms with Crippen LogP contribution in [0.4, 0.5) is 5.69 Å². The van der Waals surface area contributed by atoms with E-state index < -0.39 is 28.0 Å². The summed E-state index contributed by atoms with van der Waals surface area (Å²) in [7, 11) is -4.01. The molecule has 3 N–H and O–H groups in total. The molecule has 40 heavy (non-hydrogen) atoms. The lowest BCUT2D eigenvalue weighted by molar-refractivity contribution is -0.140. The van der Waals surface area contributed by atoms with E-state index in [0.717, 1.165) is 32.8 Å². The van der Waals surface area contributed by atoms with Crippen molar-refractivity contribution in [3.8, 4) is 11.1 Å². The van der Waals surface area contributed by atoms with E-state index >= 15 is 0 Å². The second kappa shape index (κ2) is 10.6. The SMILES string of the molecule is Cc1c(C(=O)Nc2ccc(-c3ccc(S(=O)(=O)N[C@H](C(=O)O)C(C)C)cc3)cc2)oc2ccc3ccccc3c12. The molecule has 0 aliphatic rings. The molecular formula is C31H28N2O6S. The van der Waals surface area contributed by atoms with Gasteiger partial charge in [-0.3, -0.25) is 9.59 Å². The third-order valence-electron chi connectivity index (χ3n) is 6.88. The summed E-state index contributed by atoms with van der Waals surface area (Å²) >= 11 is 0. The summed E-state index contributed by atoms with van der Waals surface area (Å²) in [6, 6.07) is 23.9. The Kier molecular flexibility index (Phi) is 7.18. The molecule has 8 nitrogen and oxygen atoms in total. The van der Waals surface area contributed by atoms with Crippen molar-refractivity contribution in [2.45, 2.75) is 31.7 Å². The van der Waals surface area contributed by atoms with Gasteiger partial charge in [0.2, 0.25) is 10.0 Å². The monoisotopic (exact) mass is 556 g/mol. The van der Waals surface area contributed by atoms with Crippen LogP contribution in [0.25, 0.3) is 32.9 Å². The van der Waals surface area contributed by atoms with E-state index in [4.69, 9.17) is 4.42 Å². The second-order valence-electron chi connectivity index (χ2n) is 9.95. The molecule has 4 aromatic carbocycles. The Balaban J connectivity index is 1.32. The maximum atomic E-state index is 13.1. The summed E-state index contributed by atoms with van der Waals surface area (Å²) in [4.78, 5) is 24.5. The Morgan fingerprint density at radius 1 is 0.850 bits per heavy atom. The van der Waals surface area contributed by atoms with Crippen LogP contribution >= 0.6 is 0 Å². The van der Waals surface area contributed by atoms with Crippen molar-refractivity contribution in [2.75, 3.05) is 5.32 Å². The summed E-state index contributed by atoms with van der Waals surface area (Å²) in [6.45, 7) is 5.15. The van der Waals surface area contributed by atoms with Crippen molar-refractivity contribution in [3.63, 3.8) is 0 Å². The molecule has 0 aliphatic carbocycles. The molecule has 1 atom stereocenters. The van der Waals surface area contributed by atoms with Gasteiger partial charge in [0, 0.05) is 16.6 Å². The molecule has 0 fully saturated rings. The van der Waals surface area contributed by atoms with E-state index in [9.17, 15) is 23.1 Å². The van der Waals surface area contributed by atoms with E-state index in [-0.39, 0.29) is 16.6 Å². The molecule has 1 heterocycles. The first-order valence-electron chi connectivity index (χ1n) is 12.7. The number of anilines is 1. The van der Waals surface area contributed by atoms with Crippen molar-refractivity contribution < 1.29 is 27.5 Å². The number of benzene rings is 4. The Hall–Kier alpha value is -4.47. The average Bonchev–Trinajstić information content (AvgIpc) is 3.29. The molecule has 0 saturated carbocycles. The number of fused-ring (bicyclic) bond motifs is 3. The maximum absolute atomic E-state index is 13.1. The van der Waals surface area contributed by atoms with Crippen LogP contribution in [-0.4, -0.2) is 31.4 Å². The minimum Gasteiger partial charge on any atom is -0.480 e. The fourth-order valence-corrected chi connectivity index (χ4v) is 6.05. The zero-order chi connectivity index (χ0) is 28.6. The lowest BCUT2D eigenvalue weighted by Gasteiger charge is -2.18. The quantitative estimate of drug-likeness (QED) is 0.209. The first kappa shape index (κ1) is 27.1. The first-order valence-corrected chi connectivity index (χ1v) is 14.2. The number of aryl methyl sites for hydroxylation is 1. The van der Waals surface area contributed by atoms with Gasteiger partial charge in [0.05, 0.1) is 4.90 Å². The Morgan fingerprint density at radius 2 is 1.48 bits per heavy atom. The molecule has 0 unspecified atom stereocenters. The summed E-state index contributed by atoms with van der Waals surface area (Å²) in [5.41, 5.74) is 3.58. The van der Waals surface area contributed by atoms with Gasteiger partial charge in [0.1, 0.15) is 11.6 Å². The number of carboxylic acid groups (broad SMARTS) is 1. The van der Waals surface area contributed by atoms with Crippen molar-refractivity contribution in [1.82, 2.24) is 4.72 Å². The third kappa shape index (κ3) is 5.21. The van der Waals surface area contributed by atoms with Gasteiger partial charge in [-0.15, -0.1) is 0 Å². The highest BCUT2D eigenvalue weighted by Crippen LogP contribution is 2.33. The van der Waals surface area contributed by atoms with Gasteiger partial charge in [0.25, 0.3) is 5.91 Å². The van der Waals surface area contributed by atoms with Gasteiger partial charge in [-0.05, 0) is 65.1 Å². The fraction of sp³-hybridized carbons (Fsp3) is 0.161. The fourth-order valence-electron chi connectivity index (χ4n) is 4.71. The zero-order valence-corrected chi connectivity index (χ0v) is 23.0. The van der Waals surface area contributed by atoms with Crippen LogP contribution in [0.1, 0.15) is 30.0 Å². The standard InChI is InChI=1S/C31H28N2O6S/c1-18(2)28(31(35)36)33-40(37,38)24-15-10-21(11-16-24)20-8-13-23(14-9-20)32-30(34)29-19(3)27-25-7-5-4-6-22(25)12-17-26(27)39-29/h4-18,28,33H,1-3H3,(H,32,34)(H,35,36)/t28-/m0/s1. The zero-order valence-electron chi connectivity index (χ0n) is 22.1. The lowest BCUT2D eigenvalue weighted by Crippen LogP contribution is -2.44. The highest BCUT2D eigenvalue weighted by Gasteiger charge is 2.28. The molecule has 0 aliphatic heterocycles. The minimum atomic E-state index is -4.01. The third-order valence-corrected chi connectivity index (χ3v) is 8.34. The number of carbonyl (C=O) groups is 2. The number of hydrogen-bond donors (Lipinski definition) is 3. The number of amides is 1. The van der Waals surface area contributed by atoms with Crippen molar-refractivity contribution >= 4 is 49.3 Å². The molecule has 5 rings (SSSR count). The molecule has 0 saturated heterocycles. The number of hydrogen-bond acceptors (Lipinski definition) is 5. The number of sulfonamides is 1. The van der Waals surface area contributed by atoms with Gasteiger partial charge in [-0.1, -0.05) is 68.4 Å². The molecule has 1 amide bonds. The molecule has 0 spiro atoms. The van der Waals surface area contributed by atoms with Gasteiger partial charge in [-0.25, -0.2) is 8.42 Å². The highest BCUT2D eigenvalue weighted by molar-refractivity contribution is 7.89. The van der Waals surface area contributed by atoms with Crippen LogP contribution in [-0.2, 0) is 14.8 Å². The van der Waals surface area contributed by atoms with Crippen LogP contribution in [0.3, 0.4) is 0 Å². The van der Waals surface area contributed by atoms with Gasteiger partial charge >= 0.3 is 5.97 Å². The van der Waals surface area contributed by atoms with Crippen molar-refractivity contribution in [3.05, 3.63) is 96.3 Å². The molecule has 9 heteroatoms. The lowest BCUT2D eigenvalue weighted by atomic mass is 10.0. The smallest absolute Gasteiger partial charge is 0.322 e. The van der Waals surface area contributed by atoms with E-state index in [2.05, 4.69) is 10.0 Å². The first-order chi connectivity index (χ1) is 19.0. The summed E-state index contributed by atoms with van der Waals surface area (Å²) in [5.74, 6) is -1.75. The van der Waals surface area contributed by atoms with Crippen LogP contribution in [0.15, 0.2) is 94.2 Å². The molecular weight excluding hydrogens is 528 g/mol. The van der Waals surface area contributed by atoms with Gasteiger partial charge in [-0.2, -0.15) is 4.72 Å². The molecule has 5 aromatic rings. The van der Waals surface area contributed by atoms with Crippen LogP contribution in [0.2, 0.25) is 0 Å². The molecule has 1 aromatic heterocycles. The Bertz CT molecular complexity index is 1840. The largest absolute Gasteiger partial charge is 0.480 e. The van der Waals surface area contributed by atoms with E-state index in [1.807, 2.05) is 55.5 Å². The number of furan rings is 1. The average molecular weight is 557 g/mol. The number of carbonyl (C=O) groups excluding carboxylic acids is 1. The predicted molar refractivity (Wildman–Crippen MR) is 155 cm³/mol. The van der Waals surface area contributed by atoms with Crippen LogP contribution in [0.5, 0.6) is 0 Å². The Morgan fingerprint density at radius 3 is 2.10 bits per heavy atom. The van der Waals surface area contributed by atoms with Crippen LogP contribution in [0, 0.1) is 12.8 Å². The highest BCUT2D eigenvalue weighted by atomic mass is 32.2. The molecule has 0 radical (unpaired) electrons. The maximum Gasteiger partial charge on any atom is 0.322 e. The van der Waals surface area contributed by atoms with E-state index in [1.54, 1.807) is 38.1 Å². The summed E-state index contributed by atoms with van der Waals surface area (Å²) in [5, 5.41) is 15.2. The summed E-state index contributed by atoms with van der Waals surface area (Å²) in [6.07, 6.45) is 0. The summed E-state index contributed by atoms with van der Waals surface area (Å²) < 4.78 is 33.6.